The number of nitro groups is 1. The van der Waals surface area contributed by atoms with Crippen LogP contribution in [0.5, 0.6) is 0 Å². The fraction of sp³-hybridized carbons (Fsp3) is 0.278. The summed E-state index contributed by atoms with van der Waals surface area (Å²) in [7, 11) is 0. The molecule has 2 aromatic carbocycles. The number of rotatable bonds is 7. The van der Waals surface area contributed by atoms with E-state index in [0.29, 0.717) is 5.56 Å². The minimum atomic E-state index is -0.973. The van der Waals surface area contributed by atoms with Crippen molar-refractivity contribution < 1.29 is 14.8 Å². The van der Waals surface area contributed by atoms with Crippen LogP contribution >= 0.6 is 11.6 Å². The van der Waals surface area contributed by atoms with Crippen molar-refractivity contribution in [3.8, 4) is 0 Å². The lowest BCUT2D eigenvalue weighted by Gasteiger charge is -2.31. The molecule has 0 spiro atoms. The molecule has 2 atom stereocenters. The summed E-state index contributed by atoms with van der Waals surface area (Å²) in [6.45, 7) is 1.90. The first-order valence-electron chi connectivity index (χ1n) is 7.76. The van der Waals surface area contributed by atoms with Gasteiger partial charge in [0.25, 0.3) is 5.69 Å². The number of halogens is 1. The highest BCUT2D eigenvalue weighted by molar-refractivity contribution is 6.27. The van der Waals surface area contributed by atoms with Crippen molar-refractivity contribution in [3.63, 3.8) is 0 Å². The molecule has 0 aliphatic carbocycles. The molecule has 0 saturated carbocycles. The third-order valence-corrected chi connectivity index (χ3v) is 4.27. The predicted octanol–water partition coefficient (Wildman–Crippen LogP) is 3.46. The Labute approximate surface area is 150 Å². The number of benzene rings is 2. The van der Waals surface area contributed by atoms with Crippen molar-refractivity contribution >= 4 is 23.2 Å². The molecule has 1 N–H and O–H groups in total. The van der Waals surface area contributed by atoms with E-state index in [2.05, 4.69) is 0 Å². The van der Waals surface area contributed by atoms with Crippen LogP contribution in [0.3, 0.4) is 0 Å². The van der Waals surface area contributed by atoms with Crippen LogP contribution in [-0.2, 0) is 4.79 Å². The maximum atomic E-state index is 12.2. The number of amides is 1. The van der Waals surface area contributed by atoms with Crippen molar-refractivity contribution in [1.29, 1.82) is 0 Å². The van der Waals surface area contributed by atoms with Gasteiger partial charge >= 0.3 is 0 Å². The number of non-ortho nitro benzene ring substituents is 1. The van der Waals surface area contributed by atoms with E-state index in [0.717, 1.165) is 5.56 Å². The lowest BCUT2D eigenvalue weighted by atomic mass is 10.0. The summed E-state index contributed by atoms with van der Waals surface area (Å²) >= 11 is 5.72. The van der Waals surface area contributed by atoms with Crippen LogP contribution in [0, 0.1) is 10.1 Å². The fourth-order valence-electron chi connectivity index (χ4n) is 2.57. The predicted molar refractivity (Wildman–Crippen MR) is 95.3 cm³/mol. The normalized spacial score (nSPS) is 13.1. The Morgan fingerprint density at radius 1 is 1.16 bits per heavy atom. The maximum absolute atomic E-state index is 12.2. The minimum absolute atomic E-state index is 0.0411. The summed E-state index contributed by atoms with van der Waals surface area (Å²) < 4.78 is 0. The fourth-order valence-corrected chi connectivity index (χ4v) is 2.73. The lowest BCUT2D eigenvalue weighted by molar-refractivity contribution is -0.384. The van der Waals surface area contributed by atoms with Gasteiger partial charge in [-0.1, -0.05) is 30.3 Å². The highest BCUT2D eigenvalue weighted by Gasteiger charge is 2.24. The largest absolute Gasteiger partial charge is 0.387 e. The Morgan fingerprint density at radius 2 is 1.76 bits per heavy atom. The zero-order chi connectivity index (χ0) is 18.4. The van der Waals surface area contributed by atoms with E-state index in [1.165, 1.54) is 29.2 Å². The van der Waals surface area contributed by atoms with Crippen LogP contribution in [0.2, 0.25) is 0 Å². The zero-order valence-corrected chi connectivity index (χ0v) is 14.5. The second-order valence-corrected chi connectivity index (χ2v) is 5.90. The summed E-state index contributed by atoms with van der Waals surface area (Å²) in [5.74, 6) is -0.483. The van der Waals surface area contributed by atoms with E-state index in [-0.39, 0.29) is 30.1 Å². The summed E-state index contributed by atoms with van der Waals surface area (Å²) in [5.41, 5.74) is 1.37. The van der Waals surface area contributed by atoms with Gasteiger partial charge in [0.1, 0.15) is 5.88 Å². The van der Waals surface area contributed by atoms with Crippen molar-refractivity contribution in [2.75, 3.05) is 12.4 Å². The SMILES string of the molecule is C[C@@H](c1ccccc1)N(C[C@@H](O)c1ccc([N+](=O)[O-])cc1)C(=O)CCl. The molecule has 0 aliphatic rings. The average molecular weight is 363 g/mol. The van der Waals surface area contributed by atoms with Gasteiger partial charge in [-0.3, -0.25) is 14.9 Å². The van der Waals surface area contributed by atoms with E-state index < -0.39 is 11.0 Å². The molecular formula is C18H19ClN2O4. The van der Waals surface area contributed by atoms with Crippen molar-refractivity contribution in [1.82, 2.24) is 4.90 Å². The quantitative estimate of drug-likeness (QED) is 0.464. The number of alkyl halides is 1. The standard InChI is InChI=1S/C18H19ClN2O4/c1-13(14-5-3-2-4-6-14)20(18(23)11-19)12-17(22)15-7-9-16(10-8-15)21(24)25/h2-10,13,17,22H,11-12H2,1H3/t13-,17+/m0/s1. The monoisotopic (exact) mass is 362 g/mol. The maximum Gasteiger partial charge on any atom is 0.269 e. The van der Waals surface area contributed by atoms with Gasteiger partial charge in [-0.2, -0.15) is 0 Å². The van der Waals surface area contributed by atoms with E-state index >= 15 is 0 Å². The highest BCUT2D eigenvalue weighted by atomic mass is 35.5. The van der Waals surface area contributed by atoms with Gasteiger partial charge in [-0.25, -0.2) is 0 Å². The number of aliphatic hydroxyl groups excluding tert-OH is 1. The average Bonchev–Trinajstić information content (AvgIpc) is 2.65. The molecule has 0 radical (unpaired) electrons. The summed E-state index contributed by atoms with van der Waals surface area (Å²) in [6.07, 6.45) is -0.973. The topological polar surface area (TPSA) is 83.7 Å². The van der Waals surface area contributed by atoms with Crippen molar-refractivity contribution in [2.24, 2.45) is 0 Å². The third kappa shape index (κ3) is 4.78. The van der Waals surface area contributed by atoms with Crippen LogP contribution in [-0.4, -0.2) is 33.3 Å². The molecule has 132 valence electrons. The number of aliphatic hydroxyl groups is 1. The first-order chi connectivity index (χ1) is 11.9. The summed E-state index contributed by atoms with van der Waals surface area (Å²) in [5, 5.41) is 21.2. The molecule has 0 unspecified atom stereocenters. The van der Waals surface area contributed by atoms with Gasteiger partial charge in [0.05, 0.1) is 23.6 Å². The Balaban J connectivity index is 2.18. The Bertz CT molecular complexity index is 722. The first-order valence-corrected chi connectivity index (χ1v) is 8.30. The molecule has 2 aromatic rings. The van der Waals surface area contributed by atoms with E-state index in [1.807, 2.05) is 37.3 Å². The number of hydrogen-bond donors (Lipinski definition) is 1. The zero-order valence-electron chi connectivity index (χ0n) is 13.7. The second-order valence-electron chi connectivity index (χ2n) is 5.63. The molecule has 7 heteroatoms. The van der Waals surface area contributed by atoms with Crippen LogP contribution in [0.4, 0.5) is 5.69 Å². The number of nitro benzene ring substituents is 1. The third-order valence-electron chi connectivity index (χ3n) is 4.04. The second kappa shape index (κ2) is 8.60. The lowest BCUT2D eigenvalue weighted by Crippen LogP contribution is -2.37. The van der Waals surface area contributed by atoms with Crippen molar-refractivity contribution in [2.45, 2.75) is 19.1 Å². The smallest absolute Gasteiger partial charge is 0.269 e. The van der Waals surface area contributed by atoms with Crippen LogP contribution < -0.4 is 0 Å². The molecule has 2 rings (SSSR count). The van der Waals surface area contributed by atoms with Crippen LogP contribution in [0.15, 0.2) is 54.6 Å². The molecule has 0 bridgehead atoms. The molecular weight excluding hydrogens is 344 g/mol. The van der Waals surface area contributed by atoms with Gasteiger partial charge in [-0.05, 0) is 30.2 Å². The van der Waals surface area contributed by atoms with Gasteiger partial charge in [0.15, 0.2) is 0 Å². The molecule has 1 amide bonds. The van der Waals surface area contributed by atoms with Gasteiger partial charge in [0.2, 0.25) is 5.91 Å². The molecule has 0 heterocycles. The Kier molecular flexibility index (Phi) is 6.50. The molecule has 0 aliphatic heterocycles. The van der Waals surface area contributed by atoms with E-state index in [4.69, 9.17) is 11.6 Å². The molecule has 6 nitrogen and oxygen atoms in total. The molecule has 0 aromatic heterocycles. The van der Waals surface area contributed by atoms with E-state index in [1.54, 1.807) is 0 Å². The number of nitrogens with zero attached hydrogens (tertiary/aromatic N) is 2. The van der Waals surface area contributed by atoms with Gasteiger partial charge < -0.3 is 10.0 Å². The highest BCUT2D eigenvalue weighted by Crippen LogP contribution is 2.25. The van der Waals surface area contributed by atoms with Crippen LogP contribution in [0.1, 0.15) is 30.2 Å². The number of carbonyl (C=O) groups excluding carboxylic acids is 1. The van der Waals surface area contributed by atoms with E-state index in [9.17, 15) is 20.0 Å². The van der Waals surface area contributed by atoms with Crippen molar-refractivity contribution in [3.05, 3.63) is 75.8 Å². The van der Waals surface area contributed by atoms with Gasteiger partial charge in [-0.15, -0.1) is 11.6 Å². The van der Waals surface area contributed by atoms with Crippen LogP contribution in [0.25, 0.3) is 0 Å². The summed E-state index contributed by atoms with van der Waals surface area (Å²) in [4.78, 5) is 23.9. The molecule has 0 saturated heterocycles. The number of hydrogen-bond acceptors (Lipinski definition) is 4. The van der Waals surface area contributed by atoms with Gasteiger partial charge in [0, 0.05) is 12.1 Å². The first kappa shape index (κ1) is 18.9. The number of carbonyl (C=O) groups is 1. The molecule has 0 fully saturated rings. The summed E-state index contributed by atoms with van der Waals surface area (Å²) in [6, 6.07) is 14.8. The Hall–Kier alpha value is -2.44. The minimum Gasteiger partial charge on any atom is -0.387 e. The Morgan fingerprint density at radius 3 is 2.28 bits per heavy atom. The molecule has 25 heavy (non-hydrogen) atoms.